The molecule has 0 aliphatic heterocycles. The number of hydrogen-bond acceptors (Lipinski definition) is 11. The van der Waals surface area contributed by atoms with Crippen LogP contribution in [0, 0.1) is 0 Å². The average molecular weight is 342 g/mol. The average Bonchev–Trinajstić information content (AvgIpc) is 2.57. The van der Waals surface area contributed by atoms with Crippen molar-refractivity contribution in [3.8, 4) is 0 Å². The Morgan fingerprint density at radius 1 is 0.696 bits per heavy atom. The van der Waals surface area contributed by atoms with Crippen LogP contribution in [0.3, 0.4) is 0 Å². The van der Waals surface area contributed by atoms with Crippen molar-refractivity contribution >= 4 is 5.97 Å². The summed E-state index contributed by atoms with van der Waals surface area (Å²) in [6.07, 6.45) is 1.02. The molecule has 0 bridgehead atoms. The summed E-state index contributed by atoms with van der Waals surface area (Å²) in [6.45, 7) is 2.18. The quantitative estimate of drug-likeness (QED) is 0.150. The lowest BCUT2D eigenvalue weighted by molar-refractivity contribution is -0.227. The highest BCUT2D eigenvalue weighted by atomic mass is 16.8. The molecule has 11 heteroatoms. The highest BCUT2D eigenvalue weighted by molar-refractivity contribution is 5.81. The summed E-state index contributed by atoms with van der Waals surface area (Å²) in [5.41, 5.74) is 0. The van der Waals surface area contributed by atoms with Gasteiger partial charge in [0.2, 0.25) is 0 Å². The molecule has 0 aliphatic carbocycles. The van der Waals surface area contributed by atoms with Gasteiger partial charge in [-0.15, -0.1) is 0 Å². The van der Waals surface area contributed by atoms with Gasteiger partial charge in [-0.05, 0) is 0 Å². The predicted octanol–water partition coefficient (Wildman–Crippen LogP) is -0.542. The highest BCUT2D eigenvalue weighted by Gasteiger charge is 1.95. The molecule has 0 rings (SSSR count). The van der Waals surface area contributed by atoms with Gasteiger partial charge >= 0.3 is 5.97 Å². The van der Waals surface area contributed by atoms with Gasteiger partial charge in [-0.3, -0.25) is 0 Å². The fourth-order valence-corrected chi connectivity index (χ4v) is 0.847. The molecule has 23 heavy (non-hydrogen) atoms. The lowest BCUT2D eigenvalue weighted by atomic mass is 10.7. The maximum Gasteiger partial charge on any atom is 0.332 e. The normalized spacial score (nSPS) is 10.7. The number of esters is 1. The molecule has 0 saturated carbocycles. The van der Waals surface area contributed by atoms with Crippen molar-refractivity contribution in [2.75, 3.05) is 61.1 Å². The Labute approximate surface area is 133 Å². The van der Waals surface area contributed by atoms with Crippen LogP contribution in [0.25, 0.3) is 0 Å². The van der Waals surface area contributed by atoms with Crippen LogP contribution in [0.2, 0.25) is 0 Å². The zero-order chi connectivity index (χ0) is 17.0. The van der Waals surface area contributed by atoms with E-state index in [0.717, 1.165) is 6.08 Å². The number of hydrogen-bond donors (Lipinski definition) is 1. The molecular formula is C12H22O11. The Morgan fingerprint density at radius 2 is 1.04 bits per heavy atom. The zero-order valence-corrected chi connectivity index (χ0v) is 12.7. The molecule has 0 aromatic heterocycles. The first-order valence-electron chi connectivity index (χ1n) is 6.33. The van der Waals surface area contributed by atoms with Crippen LogP contribution in [0.15, 0.2) is 12.7 Å². The van der Waals surface area contributed by atoms with Gasteiger partial charge < -0.3 is 47.7 Å². The molecule has 0 heterocycles. The molecule has 0 atom stereocenters. The zero-order valence-electron chi connectivity index (χ0n) is 12.7. The van der Waals surface area contributed by atoms with Crippen LogP contribution in [0.1, 0.15) is 0 Å². The molecule has 0 amide bonds. The Hall–Kier alpha value is -1.15. The Bertz CT molecular complexity index is 274. The summed E-state index contributed by atoms with van der Waals surface area (Å²) in [7, 11) is 0. The van der Waals surface area contributed by atoms with Gasteiger partial charge in [0.1, 0.15) is 6.79 Å². The van der Waals surface area contributed by atoms with Crippen molar-refractivity contribution in [1.29, 1.82) is 0 Å². The minimum atomic E-state index is -0.580. The van der Waals surface area contributed by atoms with Crippen molar-refractivity contribution < 1.29 is 52.5 Å². The number of carbonyl (C=O) groups excluding carboxylic acids is 1. The van der Waals surface area contributed by atoms with Crippen LogP contribution in [-0.4, -0.2) is 72.2 Å². The number of ether oxygens (including phenoxy) is 9. The van der Waals surface area contributed by atoms with Gasteiger partial charge in [0, 0.05) is 6.08 Å². The van der Waals surface area contributed by atoms with Crippen molar-refractivity contribution in [3.63, 3.8) is 0 Å². The first kappa shape index (κ1) is 21.9. The highest BCUT2D eigenvalue weighted by Crippen LogP contribution is 1.87. The minimum absolute atomic E-state index is 0.0348. The number of rotatable bonds is 18. The Kier molecular flexibility index (Phi) is 18.0. The first-order chi connectivity index (χ1) is 11.3. The molecular weight excluding hydrogens is 320 g/mol. The van der Waals surface area contributed by atoms with E-state index in [-0.39, 0.29) is 54.3 Å². The van der Waals surface area contributed by atoms with E-state index in [4.69, 9.17) is 38.3 Å². The van der Waals surface area contributed by atoms with Gasteiger partial charge in [-0.1, -0.05) is 6.58 Å². The molecule has 136 valence electrons. The van der Waals surface area contributed by atoms with E-state index in [1.165, 1.54) is 0 Å². The monoisotopic (exact) mass is 342 g/mol. The molecule has 0 aliphatic rings. The SMILES string of the molecule is C=CC(=O)OCOCOCOCOCOCOCOCOCO. The summed E-state index contributed by atoms with van der Waals surface area (Å²) < 4.78 is 43.1. The summed E-state index contributed by atoms with van der Waals surface area (Å²) in [4.78, 5) is 10.6. The first-order valence-corrected chi connectivity index (χ1v) is 6.33. The van der Waals surface area contributed by atoms with Crippen molar-refractivity contribution in [1.82, 2.24) is 0 Å². The van der Waals surface area contributed by atoms with Gasteiger partial charge in [-0.2, -0.15) is 0 Å². The lowest BCUT2D eigenvalue weighted by Gasteiger charge is -2.08. The fraction of sp³-hybridized carbons (Fsp3) is 0.750. The molecule has 0 aromatic carbocycles. The van der Waals surface area contributed by atoms with E-state index < -0.39 is 12.8 Å². The molecule has 0 spiro atoms. The second kappa shape index (κ2) is 18.9. The number of aliphatic hydroxyl groups is 1. The fourth-order valence-electron chi connectivity index (χ4n) is 0.847. The third-order valence-corrected chi connectivity index (χ3v) is 1.71. The Balaban J connectivity index is 3.00. The van der Waals surface area contributed by atoms with E-state index in [0.29, 0.717) is 0 Å². The standard InChI is InChI=1S/C12H22O11/c1-2-12(14)23-11-22-10-21-9-20-8-19-7-18-6-17-5-16-4-15-3-13/h2,13H,1,3-11H2. The third kappa shape index (κ3) is 18.8. The predicted molar refractivity (Wildman–Crippen MR) is 71.0 cm³/mol. The van der Waals surface area contributed by atoms with E-state index in [9.17, 15) is 4.79 Å². The summed E-state index contributed by atoms with van der Waals surface area (Å²) >= 11 is 0. The minimum Gasteiger partial charge on any atom is -0.435 e. The smallest absolute Gasteiger partial charge is 0.332 e. The number of aliphatic hydroxyl groups excluding tert-OH is 1. The van der Waals surface area contributed by atoms with Crippen LogP contribution in [0.4, 0.5) is 0 Å². The second-order valence-corrected chi connectivity index (χ2v) is 3.37. The van der Waals surface area contributed by atoms with Gasteiger partial charge in [-0.25, -0.2) is 4.79 Å². The van der Waals surface area contributed by atoms with Gasteiger partial charge in [0.05, 0.1) is 0 Å². The lowest BCUT2D eigenvalue weighted by Crippen LogP contribution is -2.12. The van der Waals surface area contributed by atoms with E-state index >= 15 is 0 Å². The van der Waals surface area contributed by atoms with E-state index in [2.05, 4.69) is 16.1 Å². The van der Waals surface area contributed by atoms with Crippen LogP contribution < -0.4 is 0 Å². The maximum absolute atomic E-state index is 10.6. The van der Waals surface area contributed by atoms with Gasteiger partial charge in [0.15, 0.2) is 54.3 Å². The van der Waals surface area contributed by atoms with Crippen molar-refractivity contribution in [2.45, 2.75) is 0 Å². The molecule has 11 nitrogen and oxygen atoms in total. The number of carbonyl (C=O) groups is 1. The Morgan fingerprint density at radius 3 is 1.39 bits per heavy atom. The van der Waals surface area contributed by atoms with Crippen LogP contribution in [-0.2, 0) is 47.4 Å². The second-order valence-electron chi connectivity index (χ2n) is 3.37. The summed E-state index contributed by atoms with van der Waals surface area (Å²) in [5.74, 6) is -0.580. The van der Waals surface area contributed by atoms with Crippen molar-refractivity contribution in [2.24, 2.45) is 0 Å². The molecule has 0 aromatic rings. The van der Waals surface area contributed by atoms with E-state index in [1.807, 2.05) is 0 Å². The molecule has 0 saturated heterocycles. The maximum atomic E-state index is 10.6. The van der Waals surface area contributed by atoms with E-state index in [1.54, 1.807) is 0 Å². The van der Waals surface area contributed by atoms with Crippen LogP contribution >= 0.6 is 0 Å². The van der Waals surface area contributed by atoms with Crippen molar-refractivity contribution in [3.05, 3.63) is 12.7 Å². The molecule has 0 radical (unpaired) electrons. The summed E-state index contributed by atoms with van der Waals surface area (Å²) in [6, 6.07) is 0. The molecule has 0 unspecified atom stereocenters. The summed E-state index contributed by atoms with van der Waals surface area (Å²) in [5, 5.41) is 8.28. The molecule has 1 N–H and O–H groups in total. The van der Waals surface area contributed by atoms with Crippen LogP contribution in [0.5, 0.6) is 0 Å². The van der Waals surface area contributed by atoms with Gasteiger partial charge in [0.25, 0.3) is 0 Å². The largest absolute Gasteiger partial charge is 0.435 e. The third-order valence-electron chi connectivity index (χ3n) is 1.71. The molecule has 0 fully saturated rings. The topological polar surface area (TPSA) is 120 Å².